The summed E-state index contributed by atoms with van der Waals surface area (Å²) in [4.78, 5) is 21.4. The molecule has 0 aromatic heterocycles. The van der Waals surface area contributed by atoms with Crippen LogP contribution in [0.5, 0.6) is 0 Å². The van der Waals surface area contributed by atoms with Crippen molar-refractivity contribution < 1.29 is 19.8 Å². The Hall–Kier alpha value is -1.06. The lowest BCUT2D eigenvalue weighted by molar-refractivity contribution is -0.150. The largest absolute Gasteiger partial charge is 0.481 e. The lowest BCUT2D eigenvalue weighted by Crippen LogP contribution is -2.24. The van der Waals surface area contributed by atoms with Gasteiger partial charge in [0, 0.05) is 0 Å². The molecule has 0 bridgehead atoms. The molecule has 0 aromatic rings. The first-order valence-corrected chi connectivity index (χ1v) is 5.93. The van der Waals surface area contributed by atoms with Crippen LogP contribution in [0, 0.1) is 11.8 Å². The first kappa shape index (κ1) is 14.9. The lowest BCUT2D eigenvalue weighted by atomic mass is 9.87. The zero-order chi connectivity index (χ0) is 12.6. The van der Waals surface area contributed by atoms with Gasteiger partial charge in [-0.15, -0.1) is 0 Å². The molecule has 2 atom stereocenters. The molecule has 0 fully saturated rings. The van der Waals surface area contributed by atoms with Crippen LogP contribution in [-0.4, -0.2) is 22.2 Å². The second-order valence-electron chi connectivity index (χ2n) is 4.37. The van der Waals surface area contributed by atoms with Gasteiger partial charge in [0.15, 0.2) is 0 Å². The fourth-order valence-corrected chi connectivity index (χ4v) is 1.81. The molecule has 0 saturated heterocycles. The van der Waals surface area contributed by atoms with Crippen molar-refractivity contribution in [1.82, 2.24) is 0 Å². The van der Waals surface area contributed by atoms with Gasteiger partial charge in [-0.3, -0.25) is 9.59 Å². The third kappa shape index (κ3) is 6.43. The molecule has 0 rings (SSSR count). The standard InChI is InChI=1S/C12H22O4/c1-3-4-5-6-7-9(2)10(12(15)16)8-11(13)14/h9-10H,3-8H2,1-2H3,(H,13,14)(H,15,16). The van der Waals surface area contributed by atoms with E-state index in [-0.39, 0.29) is 12.3 Å². The van der Waals surface area contributed by atoms with Gasteiger partial charge < -0.3 is 10.2 Å². The summed E-state index contributed by atoms with van der Waals surface area (Å²) in [5.74, 6) is -2.84. The Kier molecular flexibility index (Phi) is 7.60. The molecule has 2 N–H and O–H groups in total. The molecule has 2 unspecified atom stereocenters. The van der Waals surface area contributed by atoms with Crippen molar-refractivity contribution in [3.8, 4) is 0 Å². The summed E-state index contributed by atoms with van der Waals surface area (Å²) in [6.07, 6.45) is 4.91. The van der Waals surface area contributed by atoms with Crippen LogP contribution in [0.25, 0.3) is 0 Å². The summed E-state index contributed by atoms with van der Waals surface area (Å²) < 4.78 is 0. The van der Waals surface area contributed by atoms with Crippen molar-refractivity contribution in [3.63, 3.8) is 0 Å². The molecule has 0 heterocycles. The molecule has 0 aliphatic carbocycles. The first-order chi connectivity index (χ1) is 7.49. The third-order valence-corrected chi connectivity index (χ3v) is 2.91. The summed E-state index contributed by atoms with van der Waals surface area (Å²) in [7, 11) is 0. The van der Waals surface area contributed by atoms with E-state index in [4.69, 9.17) is 10.2 Å². The van der Waals surface area contributed by atoms with Crippen molar-refractivity contribution in [2.24, 2.45) is 11.8 Å². The van der Waals surface area contributed by atoms with Gasteiger partial charge >= 0.3 is 11.9 Å². The van der Waals surface area contributed by atoms with Crippen LogP contribution >= 0.6 is 0 Å². The number of carboxylic acids is 2. The zero-order valence-electron chi connectivity index (χ0n) is 10.1. The van der Waals surface area contributed by atoms with E-state index in [1.165, 1.54) is 0 Å². The molecular formula is C12H22O4. The predicted octanol–water partition coefficient (Wildman–Crippen LogP) is 2.77. The molecule has 0 aromatic carbocycles. The van der Waals surface area contributed by atoms with Gasteiger partial charge in [-0.2, -0.15) is 0 Å². The molecule has 4 nitrogen and oxygen atoms in total. The molecule has 0 radical (unpaired) electrons. The number of carboxylic acid groups (broad SMARTS) is 2. The topological polar surface area (TPSA) is 74.6 Å². The second kappa shape index (κ2) is 8.13. The quantitative estimate of drug-likeness (QED) is 0.597. The van der Waals surface area contributed by atoms with Gasteiger partial charge in [0.05, 0.1) is 12.3 Å². The van der Waals surface area contributed by atoms with Gasteiger partial charge in [0.1, 0.15) is 0 Å². The summed E-state index contributed by atoms with van der Waals surface area (Å²) in [6.45, 7) is 3.95. The first-order valence-electron chi connectivity index (χ1n) is 5.93. The van der Waals surface area contributed by atoms with E-state index in [0.717, 1.165) is 32.1 Å². The Balaban J connectivity index is 4.02. The van der Waals surface area contributed by atoms with Crippen LogP contribution < -0.4 is 0 Å². The molecule has 16 heavy (non-hydrogen) atoms. The van der Waals surface area contributed by atoms with Gasteiger partial charge in [-0.25, -0.2) is 0 Å². The Morgan fingerprint density at radius 1 is 1.12 bits per heavy atom. The maximum atomic E-state index is 10.9. The average molecular weight is 230 g/mol. The lowest BCUT2D eigenvalue weighted by Gasteiger charge is -2.18. The smallest absolute Gasteiger partial charge is 0.307 e. The van der Waals surface area contributed by atoms with Crippen LogP contribution in [0.4, 0.5) is 0 Å². The minimum atomic E-state index is -1.03. The van der Waals surface area contributed by atoms with Gasteiger partial charge in [0.25, 0.3) is 0 Å². The monoisotopic (exact) mass is 230 g/mol. The van der Waals surface area contributed by atoms with E-state index in [1.807, 2.05) is 6.92 Å². The van der Waals surface area contributed by atoms with Crippen LogP contribution in [0.15, 0.2) is 0 Å². The molecule has 0 aliphatic rings. The fraction of sp³-hybridized carbons (Fsp3) is 0.833. The Morgan fingerprint density at radius 3 is 2.19 bits per heavy atom. The molecule has 0 spiro atoms. The summed E-state index contributed by atoms with van der Waals surface area (Å²) in [5.41, 5.74) is 0. The second-order valence-corrected chi connectivity index (χ2v) is 4.37. The van der Waals surface area contributed by atoms with Crippen molar-refractivity contribution in [2.45, 2.75) is 52.4 Å². The average Bonchev–Trinajstić information content (AvgIpc) is 2.20. The highest BCUT2D eigenvalue weighted by Crippen LogP contribution is 2.22. The Morgan fingerprint density at radius 2 is 1.75 bits per heavy atom. The van der Waals surface area contributed by atoms with Gasteiger partial charge in [0.2, 0.25) is 0 Å². The maximum absolute atomic E-state index is 10.9. The highest BCUT2D eigenvalue weighted by Gasteiger charge is 2.26. The van der Waals surface area contributed by atoms with E-state index >= 15 is 0 Å². The number of unbranched alkanes of at least 4 members (excludes halogenated alkanes) is 3. The zero-order valence-corrected chi connectivity index (χ0v) is 10.1. The fourth-order valence-electron chi connectivity index (χ4n) is 1.81. The van der Waals surface area contributed by atoms with E-state index in [0.29, 0.717) is 0 Å². The number of rotatable bonds is 9. The number of hydrogen-bond acceptors (Lipinski definition) is 2. The van der Waals surface area contributed by atoms with E-state index in [9.17, 15) is 9.59 Å². The van der Waals surface area contributed by atoms with Crippen LogP contribution in [0.2, 0.25) is 0 Å². The summed E-state index contributed by atoms with van der Waals surface area (Å²) in [5, 5.41) is 17.6. The van der Waals surface area contributed by atoms with E-state index in [1.54, 1.807) is 0 Å². The molecular weight excluding hydrogens is 208 g/mol. The summed E-state index contributed by atoms with van der Waals surface area (Å²) in [6, 6.07) is 0. The van der Waals surface area contributed by atoms with Crippen molar-refractivity contribution in [1.29, 1.82) is 0 Å². The van der Waals surface area contributed by atoms with E-state index < -0.39 is 17.9 Å². The third-order valence-electron chi connectivity index (χ3n) is 2.91. The van der Waals surface area contributed by atoms with Gasteiger partial charge in [-0.1, -0.05) is 39.5 Å². The van der Waals surface area contributed by atoms with Crippen LogP contribution in [0.3, 0.4) is 0 Å². The molecule has 0 saturated carbocycles. The molecule has 0 aliphatic heterocycles. The number of carbonyl (C=O) groups is 2. The van der Waals surface area contributed by atoms with Crippen LogP contribution in [0.1, 0.15) is 52.4 Å². The van der Waals surface area contributed by atoms with Crippen molar-refractivity contribution in [3.05, 3.63) is 0 Å². The molecule has 4 heteroatoms. The number of hydrogen-bond donors (Lipinski definition) is 2. The van der Waals surface area contributed by atoms with E-state index in [2.05, 4.69) is 6.92 Å². The maximum Gasteiger partial charge on any atom is 0.307 e. The highest BCUT2D eigenvalue weighted by molar-refractivity contribution is 5.77. The SMILES string of the molecule is CCCCCCC(C)C(CC(=O)O)C(=O)O. The Bertz CT molecular complexity index is 225. The minimum absolute atomic E-state index is 0.0644. The predicted molar refractivity (Wildman–Crippen MR) is 61.3 cm³/mol. The van der Waals surface area contributed by atoms with Gasteiger partial charge in [-0.05, 0) is 12.3 Å². The highest BCUT2D eigenvalue weighted by atomic mass is 16.4. The van der Waals surface area contributed by atoms with Crippen LogP contribution in [-0.2, 0) is 9.59 Å². The summed E-state index contributed by atoms with van der Waals surface area (Å²) >= 11 is 0. The van der Waals surface area contributed by atoms with Crippen molar-refractivity contribution >= 4 is 11.9 Å². The van der Waals surface area contributed by atoms with Crippen molar-refractivity contribution in [2.75, 3.05) is 0 Å². The molecule has 0 amide bonds. The molecule has 94 valence electrons. The minimum Gasteiger partial charge on any atom is -0.481 e. The Labute approximate surface area is 96.7 Å². The normalized spacial score (nSPS) is 14.4. The number of aliphatic carboxylic acids is 2.